The third-order valence-corrected chi connectivity index (χ3v) is 4.61. The van der Waals surface area contributed by atoms with Crippen molar-refractivity contribution in [1.29, 1.82) is 0 Å². The van der Waals surface area contributed by atoms with Gasteiger partial charge in [-0.2, -0.15) is 0 Å². The summed E-state index contributed by atoms with van der Waals surface area (Å²) in [5.41, 5.74) is 0.662. The third-order valence-electron chi connectivity index (χ3n) is 3.28. The first-order chi connectivity index (χ1) is 10.9. The van der Waals surface area contributed by atoms with E-state index in [9.17, 15) is 14.7 Å². The Morgan fingerprint density at radius 1 is 1.39 bits per heavy atom. The fourth-order valence-electron chi connectivity index (χ4n) is 2.00. The lowest BCUT2D eigenvalue weighted by Gasteiger charge is -2.23. The quantitative estimate of drug-likeness (QED) is 0.579. The number of rotatable bonds is 5. The number of carbonyl (C=O) groups is 2. The lowest BCUT2D eigenvalue weighted by molar-refractivity contribution is -0.309. The second kappa shape index (κ2) is 7.01. The van der Waals surface area contributed by atoms with Gasteiger partial charge in [0, 0.05) is 11.6 Å². The van der Waals surface area contributed by atoms with Gasteiger partial charge in [0.05, 0.1) is 31.1 Å². The largest absolute Gasteiger partial charge is 0.548 e. The molecule has 1 aromatic carbocycles. The van der Waals surface area contributed by atoms with Crippen molar-refractivity contribution >= 4 is 46.3 Å². The first-order valence-corrected chi connectivity index (χ1v) is 7.81. The molecule has 23 heavy (non-hydrogen) atoms. The van der Waals surface area contributed by atoms with Crippen LogP contribution < -0.4 is 14.6 Å². The summed E-state index contributed by atoms with van der Waals surface area (Å²) in [6, 6.07) is 4.05. The molecule has 1 amide bonds. The maximum absolute atomic E-state index is 12.4. The van der Waals surface area contributed by atoms with E-state index in [1.165, 1.54) is 14.0 Å². The summed E-state index contributed by atoms with van der Waals surface area (Å²) in [6.07, 6.45) is 1.61. The van der Waals surface area contributed by atoms with E-state index in [4.69, 9.17) is 21.7 Å². The highest BCUT2D eigenvalue weighted by molar-refractivity contribution is 8.26. The van der Waals surface area contributed by atoms with Crippen molar-refractivity contribution in [2.45, 2.75) is 13.0 Å². The second-order valence-electron chi connectivity index (χ2n) is 4.65. The fourth-order valence-corrected chi connectivity index (χ4v) is 3.41. The Kier molecular flexibility index (Phi) is 5.27. The Morgan fingerprint density at radius 3 is 2.65 bits per heavy atom. The smallest absolute Gasteiger partial charge is 0.266 e. The van der Waals surface area contributed by atoms with E-state index in [2.05, 4.69) is 0 Å². The van der Waals surface area contributed by atoms with E-state index in [-0.39, 0.29) is 4.32 Å². The van der Waals surface area contributed by atoms with Crippen LogP contribution in [0.25, 0.3) is 6.08 Å². The number of aliphatic carboxylic acids is 1. The van der Waals surface area contributed by atoms with Crippen molar-refractivity contribution in [3.63, 3.8) is 0 Å². The summed E-state index contributed by atoms with van der Waals surface area (Å²) in [5.74, 6) is -0.668. The van der Waals surface area contributed by atoms with Gasteiger partial charge in [-0.3, -0.25) is 9.69 Å². The zero-order valence-corrected chi connectivity index (χ0v) is 14.3. The van der Waals surface area contributed by atoms with Gasteiger partial charge in [-0.25, -0.2) is 0 Å². The summed E-state index contributed by atoms with van der Waals surface area (Å²) in [4.78, 5) is 24.7. The van der Waals surface area contributed by atoms with Gasteiger partial charge in [0.1, 0.15) is 15.8 Å². The molecule has 1 fully saturated rings. The number of carbonyl (C=O) groups excluding carboxylic acids is 2. The van der Waals surface area contributed by atoms with Gasteiger partial charge in [-0.05, 0) is 25.1 Å². The number of thioether (sulfide) groups is 1. The average Bonchev–Trinajstić information content (AvgIpc) is 2.80. The van der Waals surface area contributed by atoms with Gasteiger partial charge in [0.2, 0.25) is 0 Å². The summed E-state index contributed by atoms with van der Waals surface area (Å²) in [6.45, 7) is 1.36. The molecule has 0 N–H and O–H groups in total. The standard InChI is InChI=1S/C15H15NO5S2/c1-8(14(18)19)16-13(17)12(23-15(16)22)6-9-4-5-10(20-2)7-11(9)21-3/h4-8H,1-3H3,(H,18,19)/p-1/b12-6-/t8-/m0/s1. The molecular weight excluding hydrogens is 338 g/mol. The molecule has 0 aliphatic carbocycles. The van der Waals surface area contributed by atoms with Gasteiger partial charge >= 0.3 is 0 Å². The maximum atomic E-state index is 12.4. The molecule has 1 aromatic rings. The summed E-state index contributed by atoms with van der Waals surface area (Å²) < 4.78 is 10.6. The van der Waals surface area contributed by atoms with Gasteiger partial charge in [0.25, 0.3) is 5.91 Å². The first-order valence-electron chi connectivity index (χ1n) is 6.59. The van der Waals surface area contributed by atoms with Gasteiger partial charge in [0.15, 0.2) is 0 Å². The van der Waals surface area contributed by atoms with E-state index in [1.54, 1.807) is 31.4 Å². The number of hydrogen-bond acceptors (Lipinski definition) is 7. The Bertz CT molecular complexity index is 701. The van der Waals surface area contributed by atoms with Crippen LogP contribution in [0.5, 0.6) is 11.5 Å². The number of benzene rings is 1. The molecule has 1 atom stereocenters. The normalized spacial score (nSPS) is 17.5. The zero-order chi connectivity index (χ0) is 17.1. The maximum Gasteiger partial charge on any atom is 0.266 e. The Labute approximate surface area is 143 Å². The molecule has 6 nitrogen and oxygen atoms in total. The van der Waals surface area contributed by atoms with Crippen LogP contribution in [0.2, 0.25) is 0 Å². The molecule has 2 rings (SSSR count). The number of carboxylic acid groups (broad SMARTS) is 1. The number of hydrogen-bond donors (Lipinski definition) is 0. The topological polar surface area (TPSA) is 78.9 Å². The molecule has 0 aromatic heterocycles. The van der Waals surface area contributed by atoms with Crippen molar-refractivity contribution in [2.24, 2.45) is 0 Å². The Balaban J connectivity index is 2.36. The van der Waals surface area contributed by atoms with Crippen LogP contribution in [0.15, 0.2) is 23.1 Å². The number of carboxylic acids is 1. The van der Waals surface area contributed by atoms with E-state index in [1.807, 2.05) is 0 Å². The monoisotopic (exact) mass is 352 g/mol. The van der Waals surface area contributed by atoms with Crippen LogP contribution in [-0.4, -0.2) is 41.4 Å². The molecule has 8 heteroatoms. The lowest BCUT2D eigenvalue weighted by atomic mass is 10.1. The summed E-state index contributed by atoms with van der Waals surface area (Å²) in [7, 11) is 3.05. The Hall–Kier alpha value is -2.06. The summed E-state index contributed by atoms with van der Waals surface area (Å²) >= 11 is 6.13. The number of ether oxygens (including phenoxy) is 2. The second-order valence-corrected chi connectivity index (χ2v) is 6.33. The van der Waals surface area contributed by atoms with E-state index in [0.29, 0.717) is 22.0 Å². The van der Waals surface area contributed by atoms with Gasteiger partial charge in [-0.15, -0.1) is 0 Å². The number of thiocarbonyl (C=S) groups is 1. The van der Waals surface area contributed by atoms with Crippen LogP contribution in [0.4, 0.5) is 0 Å². The minimum atomic E-state index is -1.36. The van der Waals surface area contributed by atoms with Gasteiger partial charge in [-0.1, -0.05) is 24.0 Å². The molecule has 1 heterocycles. The van der Waals surface area contributed by atoms with Crippen molar-refractivity contribution in [3.8, 4) is 11.5 Å². The minimum Gasteiger partial charge on any atom is -0.548 e. The van der Waals surface area contributed by atoms with Crippen molar-refractivity contribution < 1.29 is 24.2 Å². The number of nitrogens with zero attached hydrogens (tertiary/aromatic N) is 1. The van der Waals surface area contributed by atoms with E-state index >= 15 is 0 Å². The van der Waals surface area contributed by atoms with Crippen molar-refractivity contribution in [1.82, 2.24) is 4.90 Å². The van der Waals surface area contributed by atoms with Crippen LogP contribution >= 0.6 is 24.0 Å². The first kappa shape index (κ1) is 17.3. The SMILES string of the molecule is COc1ccc(/C=C2\SC(=S)N([C@@H](C)C(=O)[O-])C2=O)c(OC)c1. The fraction of sp³-hybridized carbons (Fsp3) is 0.267. The van der Waals surface area contributed by atoms with Crippen molar-refractivity contribution in [3.05, 3.63) is 28.7 Å². The van der Waals surface area contributed by atoms with Crippen molar-refractivity contribution in [2.75, 3.05) is 14.2 Å². The van der Waals surface area contributed by atoms with Crippen LogP contribution in [-0.2, 0) is 9.59 Å². The molecule has 1 aliphatic rings. The molecule has 0 unspecified atom stereocenters. The molecule has 0 saturated carbocycles. The predicted octanol–water partition coefficient (Wildman–Crippen LogP) is 1.04. The number of methoxy groups -OCH3 is 2. The van der Waals surface area contributed by atoms with Gasteiger partial charge < -0.3 is 19.4 Å². The molecule has 122 valence electrons. The molecule has 1 saturated heterocycles. The van der Waals surface area contributed by atoms with Crippen LogP contribution in [0, 0.1) is 0 Å². The molecule has 0 bridgehead atoms. The number of amides is 1. The predicted molar refractivity (Wildman–Crippen MR) is 89.0 cm³/mol. The average molecular weight is 352 g/mol. The third kappa shape index (κ3) is 3.48. The van der Waals surface area contributed by atoms with E-state index < -0.39 is 17.9 Å². The zero-order valence-electron chi connectivity index (χ0n) is 12.7. The highest BCUT2D eigenvalue weighted by atomic mass is 32.2. The minimum absolute atomic E-state index is 0.186. The highest BCUT2D eigenvalue weighted by Gasteiger charge is 2.35. The Morgan fingerprint density at radius 2 is 2.09 bits per heavy atom. The lowest BCUT2D eigenvalue weighted by Crippen LogP contribution is -2.48. The molecule has 0 radical (unpaired) electrons. The highest BCUT2D eigenvalue weighted by Crippen LogP contribution is 2.36. The molecule has 1 aliphatic heterocycles. The summed E-state index contributed by atoms with van der Waals surface area (Å²) in [5, 5.41) is 11.0. The van der Waals surface area contributed by atoms with Crippen LogP contribution in [0.1, 0.15) is 12.5 Å². The molecular formula is C15H14NO5S2-. The van der Waals surface area contributed by atoms with Crippen LogP contribution in [0.3, 0.4) is 0 Å². The van der Waals surface area contributed by atoms with E-state index in [0.717, 1.165) is 16.7 Å². The molecule has 0 spiro atoms.